The van der Waals surface area contributed by atoms with Gasteiger partial charge in [-0.3, -0.25) is 0 Å². The molecule has 124 valence electrons. The Bertz CT molecular complexity index is 594. The molecule has 0 aliphatic heterocycles. The highest BCUT2D eigenvalue weighted by molar-refractivity contribution is 5.32. The molecule has 0 aromatic rings. The van der Waals surface area contributed by atoms with Gasteiger partial charge in [0.15, 0.2) is 0 Å². The van der Waals surface area contributed by atoms with Crippen molar-refractivity contribution in [2.24, 2.45) is 29.1 Å². The van der Waals surface area contributed by atoms with Crippen LogP contribution < -0.4 is 0 Å². The molecule has 4 aliphatic rings. The first kappa shape index (κ1) is 15.5. The van der Waals surface area contributed by atoms with Gasteiger partial charge in [0.2, 0.25) is 0 Å². The fourth-order valence-electron chi connectivity index (χ4n) is 7.03. The number of fused-ring (bicyclic) bond motifs is 5. The third-order valence-corrected chi connectivity index (χ3v) is 8.01. The van der Waals surface area contributed by atoms with Gasteiger partial charge in [-0.1, -0.05) is 36.6 Å². The molecule has 0 saturated heterocycles. The maximum atomic E-state index is 11.2. The van der Waals surface area contributed by atoms with Gasteiger partial charge in [0.05, 0.1) is 0 Å². The molecule has 1 unspecified atom stereocenters. The Morgan fingerprint density at radius 2 is 2.22 bits per heavy atom. The van der Waals surface area contributed by atoms with E-state index in [1.54, 1.807) is 5.57 Å². The van der Waals surface area contributed by atoms with Gasteiger partial charge in [-0.15, -0.1) is 6.42 Å². The lowest BCUT2D eigenvalue weighted by Gasteiger charge is -2.56. The number of rotatable bonds is 1. The van der Waals surface area contributed by atoms with Crippen molar-refractivity contribution in [3.05, 3.63) is 23.8 Å². The van der Waals surface area contributed by atoms with Crippen LogP contribution in [0.3, 0.4) is 0 Å². The molecule has 1 heteroatoms. The highest BCUT2D eigenvalue weighted by Crippen LogP contribution is 2.67. The molecule has 4 rings (SSSR count). The number of allylic oxidation sites excluding steroid dienone is 3. The molecule has 0 aromatic carbocycles. The summed E-state index contributed by atoms with van der Waals surface area (Å²) < 4.78 is 0. The van der Waals surface area contributed by atoms with Crippen molar-refractivity contribution in [1.29, 1.82) is 0 Å². The molecule has 0 spiro atoms. The monoisotopic (exact) mass is 310 g/mol. The van der Waals surface area contributed by atoms with Crippen LogP contribution in [0.15, 0.2) is 23.8 Å². The summed E-state index contributed by atoms with van der Waals surface area (Å²) >= 11 is 0. The predicted octanol–water partition coefficient (Wildman–Crippen LogP) is 4.87. The Labute approximate surface area is 141 Å². The zero-order valence-electron chi connectivity index (χ0n) is 14.5. The summed E-state index contributed by atoms with van der Waals surface area (Å²) in [5.74, 6) is 5.48. The Balaban J connectivity index is 1.74. The lowest BCUT2D eigenvalue weighted by molar-refractivity contribution is -0.0788. The molecule has 3 saturated carbocycles. The topological polar surface area (TPSA) is 20.2 Å². The van der Waals surface area contributed by atoms with E-state index in [4.69, 9.17) is 6.42 Å². The molecule has 6 atom stereocenters. The van der Waals surface area contributed by atoms with Crippen molar-refractivity contribution in [1.82, 2.24) is 0 Å². The first-order valence-corrected chi connectivity index (χ1v) is 9.63. The first-order chi connectivity index (χ1) is 11.1. The van der Waals surface area contributed by atoms with Crippen LogP contribution in [-0.4, -0.2) is 10.7 Å². The number of hydrogen-bond donors (Lipinski definition) is 1. The summed E-state index contributed by atoms with van der Waals surface area (Å²) in [5.41, 5.74) is 2.08. The van der Waals surface area contributed by atoms with E-state index < -0.39 is 5.60 Å². The summed E-state index contributed by atoms with van der Waals surface area (Å²) in [6, 6.07) is 0. The second-order valence-corrected chi connectivity index (χ2v) is 8.54. The van der Waals surface area contributed by atoms with Crippen molar-refractivity contribution < 1.29 is 5.11 Å². The fourth-order valence-corrected chi connectivity index (χ4v) is 7.03. The molecular formula is C22H30O. The van der Waals surface area contributed by atoms with Gasteiger partial charge < -0.3 is 5.11 Å². The van der Waals surface area contributed by atoms with E-state index in [9.17, 15) is 5.11 Å². The Hall–Kier alpha value is -1.00. The number of aliphatic hydroxyl groups is 1. The largest absolute Gasteiger partial charge is 0.377 e. The average molecular weight is 310 g/mol. The van der Waals surface area contributed by atoms with Crippen LogP contribution in [0.1, 0.15) is 64.7 Å². The zero-order valence-corrected chi connectivity index (χ0v) is 14.5. The standard InChI is InChI=1S/C22H30O/c1-4-21-14-15(3)20-17-9-7-6-8-16(17)10-11-18(20)19(21)12-13-22(21,23)5-2/h2,8,17-20,23H,3-4,6-7,9-14H2,1H3/t17-,18-,19-,20?,21-,22-/m0/s1. The second-order valence-electron chi connectivity index (χ2n) is 8.54. The summed E-state index contributed by atoms with van der Waals surface area (Å²) in [6.07, 6.45) is 18.6. The molecule has 0 amide bonds. The minimum Gasteiger partial charge on any atom is -0.377 e. The lowest BCUT2D eigenvalue weighted by atomic mass is 9.48. The molecule has 0 bridgehead atoms. The van der Waals surface area contributed by atoms with E-state index in [1.165, 1.54) is 37.7 Å². The summed E-state index contributed by atoms with van der Waals surface area (Å²) in [6.45, 7) is 6.76. The van der Waals surface area contributed by atoms with Crippen LogP contribution in [0.5, 0.6) is 0 Å². The Morgan fingerprint density at radius 1 is 1.39 bits per heavy atom. The smallest absolute Gasteiger partial charge is 0.131 e. The van der Waals surface area contributed by atoms with Crippen LogP contribution in [0.25, 0.3) is 0 Å². The van der Waals surface area contributed by atoms with Crippen molar-refractivity contribution in [2.75, 3.05) is 0 Å². The first-order valence-electron chi connectivity index (χ1n) is 9.63. The van der Waals surface area contributed by atoms with Gasteiger partial charge in [-0.05, 0) is 81.5 Å². The predicted molar refractivity (Wildman–Crippen MR) is 94.6 cm³/mol. The second kappa shape index (κ2) is 5.25. The maximum Gasteiger partial charge on any atom is 0.131 e. The molecule has 0 radical (unpaired) electrons. The van der Waals surface area contributed by atoms with E-state index in [0.29, 0.717) is 17.8 Å². The van der Waals surface area contributed by atoms with Crippen molar-refractivity contribution in [2.45, 2.75) is 70.3 Å². The van der Waals surface area contributed by atoms with Crippen LogP contribution in [0.2, 0.25) is 0 Å². The third-order valence-electron chi connectivity index (χ3n) is 8.01. The van der Waals surface area contributed by atoms with Gasteiger partial charge in [0.25, 0.3) is 0 Å². The molecule has 4 aliphatic carbocycles. The Morgan fingerprint density at radius 3 is 2.96 bits per heavy atom. The average Bonchev–Trinajstić information content (AvgIpc) is 2.88. The Kier molecular flexibility index (Phi) is 3.54. The molecule has 3 fully saturated rings. The van der Waals surface area contributed by atoms with Crippen molar-refractivity contribution in [3.63, 3.8) is 0 Å². The molecule has 1 N–H and O–H groups in total. The highest BCUT2D eigenvalue weighted by atomic mass is 16.3. The zero-order chi connectivity index (χ0) is 16.2. The molecule has 23 heavy (non-hydrogen) atoms. The van der Waals surface area contributed by atoms with Crippen molar-refractivity contribution >= 4 is 0 Å². The van der Waals surface area contributed by atoms with E-state index in [-0.39, 0.29) is 5.41 Å². The van der Waals surface area contributed by atoms with Crippen LogP contribution in [-0.2, 0) is 0 Å². The van der Waals surface area contributed by atoms with E-state index in [0.717, 1.165) is 31.6 Å². The van der Waals surface area contributed by atoms with Crippen LogP contribution in [0, 0.1) is 41.4 Å². The van der Waals surface area contributed by atoms with Gasteiger partial charge in [-0.2, -0.15) is 0 Å². The lowest BCUT2D eigenvalue weighted by Crippen LogP contribution is -2.54. The third kappa shape index (κ3) is 1.91. The molecular weight excluding hydrogens is 280 g/mol. The minimum atomic E-state index is -0.914. The number of hydrogen-bond acceptors (Lipinski definition) is 1. The fraction of sp³-hybridized carbons (Fsp3) is 0.727. The van der Waals surface area contributed by atoms with E-state index in [1.807, 2.05) is 0 Å². The summed E-state index contributed by atoms with van der Waals surface area (Å²) in [5, 5.41) is 11.2. The minimum absolute atomic E-state index is 0.115. The number of terminal acetylenes is 1. The van der Waals surface area contributed by atoms with Gasteiger partial charge in [0.1, 0.15) is 5.60 Å². The van der Waals surface area contributed by atoms with Crippen LogP contribution in [0.4, 0.5) is 0 Å². The van der Waals surface area contributed by atoms with Gasteiger partial charge in [0, 0.05) is 5.41 Å². The normalized spacial score (nSPS) is 48.7. The molecule has 1 nitrogen and oxygen atoms in total. The SMILES string of the molecule is C#C[C@]1(O)CC[C@H]2[C@@H]3CCC4=CCCC[C@@H]4C3C(=C)C[C@@]21CC. The summed E-state index contributed by atoms with van der Waals surface area (Å²) in [4.78, 5) is 0. The quantitative estimate of drug-likeness (QED) is 0.541. The maximum absolute atomic E-state index is 11.2. The van der Waals surface area contributed by atoms with Crippen LogP contribution >= 0.6 is 0 Å². The molecule has 0 heterocycles. The van der Waals surface area contributed by atoms with E-state index >= 15 is 0 Å². The summed E-state index contributed by atoms with van der Waals surface area (Å²) in [7, 11) is 0. The van der Waals surface area contributed by atoms with Crippen molar-refractivity contribution in [3.8, 4) is 12.3 Å². The van der Waals surface area contributed by atoms with Gasteiger partial charge >= 0.3 is 0 Å². The van der Waals surface area contributed by atoms with E-state index in [2.05, 4.69) is 25.5 Å². The molecule has 0 aromatic heterocycles. The highest BCUT2D eigenvalue weighted by Gasteiger charge is 2.64. The van der Waals surface area contributed by atoms with Gasteiger partial charge in [-0.25, -0.2) is 0 Å².